The molecule has 20 heavy (non-hydrogen) atoms. The summed E-state index contributed by atoms with van der Waals surface area (Å²) in [6.45, 7) is 4.15. The predicted octanol–water partition coefficient (Wildman–Crippen LogP) is 3.48. The van der Waals surface area contributed by atoms with Gasteiger partial charge in [-0.2, -0.15) is 9.98 Å². The highest BCUT2D eigenvalue weighted by molar-refractivity contribution is 5.52. The molecule has 0 N–H and O–H groups in total. The van der Waals surface area contributed by atoms with Gasteiger partial charge in [0.15, 0.2) is 0 Å². The normalized spacial score (nSPS) is 21.1. The third kappa shape index (κ3) is 2.57. The Balaban J connectivity index is 2.35. The van der Waals surface area contributed by atoms with E-state index in [0.29, 0.717) is 11.4 Å². The summed E-state index contributed by atoms with van der Waals surface area (Å²) in [6, 6.07) is 7.49. The van der Waals surface area contributed by atoms with E-state index in [2.05, 4.69) is 16.9 Å². The van der Waals surface area contributed by atoms with Crippen molar-refractivity contribution in [2.75, 3.05) is 0 Å². The number of carbonyl (C=O) groups excluding carboxylic acids is 2. The Labute approximate surface area is 117 Å². The molecule has 0 fully saturated rings. The highest BCUT2D eigenvalue weighted by atomic mass is 16.1. The quantitative estimate of drug-likeness (QED) is 0.621. The minimum absolute atomic E-state index is 0.147. The van der Waals surface area contributed by atoms with Gasteiger partial charge in [0, 0.05) is 5.41 Å². The third-order valence-corrected chi connectivity index (χ3v) is 3.81. The van der Waals surface area contributed by atoms with Gasteiger partial charge in [-0.25, -0.2) is 9.59 Å². The number of allylic oxidation sites excluding steroid dienone is 3. The van der Waals surface area contributed by atoms with Gasteiger partial charge in [0.05, 0.1) is 11.4 Å². The first-order valence-electron chi connectivity index (χ1n) is 6.25. The lowest BCUT2D eigenvalue weighted by atomic mass is 9.71. The van der Waals surface area contributed by atoms with E-state index in [0.717, 1.165) is 17.6 Å². The van der Waals surface area contributed by atoms with Gasteiger partial charge in [-0.15, -0.1) is 0 Å². The fraction of sp³-hybridized carbons (Fsp3) is 0.250. The Hall–Kier alpha value is -2.54. The SMILES string of the molecule is CC1=CC(N=C=O)=CCC1(C)c1ccc(N=C=O)cc1. The highest BCUT2D eigenvalue weighted by Gasteiger charge is 2.30. The van der Waals surface area contributed by atoms with Crippen LogP contribution in [0, 0.1) is 0 Å². The summed E-state index contributed by atoms with van der Waals surface area (Å²) >= 11 is 0. The minimum atomic E-state index is -0.147. The van der Waals surface area contributed by atoms with Crippen molar-refractivity contribution in [3.63, 3.8) is 0 Å². The molecule has 4 heteroatoms. The molecule has 0 saturated carbocycles. The molecule has 0 spiro atoms. The number of hydrogen-bond acceptors (Lipinski definition) is 4. The van der Waals surface area contributed by atoms with E-state index >= 15 is 0 Å². The van der Waals surface area contributed by atoms with Crippen LogP contribution in [-0.4, -0.2) is 12.2 Å². The zero-order chi connectivity index (χ0) is 14.6. The van der Waals surface area contributed by atoms with Crippen LogP contribution in [0.3, 0.4) is 0 Å². The molecule has 4 nitrogen and oxygen atoms in total. The van der Waals surface area contributed by atoms with Crippen LogP contribution < -0.4 is 0 Å². The van der Waals surface area contributed by atoms with Crippen molar-refractivity contribution in [1.29, 1.82) is 0 Å². The standard InChI is InChI=1S/C16H14N2O2/c1-12-9-15(18-11-20)7-8-16(12,2)13-3-5-14(6-4-13)17-10-19/h3-7,9H,8H2,1-2H3. The number of hydrogen-bond donors (Lipinski definition) is 0. The van der Waals surface area contributed by atoms with Crippen molar-refractivity contribution >= 4 is 17.8 Å². The van der Waals surface area contributed by atoms with Gasteiger partial charge < -0.3 is 0 Å². The van der Waals surface area contributed by atoms with Crippen molar-refractivity contribution in [3.8, 4) is 0 Å². The van der Waals surface area contributed by atoms with Crippen LogP contribution in [0.5, 0.6) is 0 Å². The van der Waals surface area contributed by atoms with E-state index in [-0.39, 0.29) is 5.41 Å². The summed E-state index contributed by atoms with van der Waals surface area (Å²) < 4.78 is 0. The average Bonchev–Trinajstić information content (AvgIpc) is 2.44. The third-order valence-electron chi connectivity index (χ3n) is 3.81. The van der Waals surface area contributed by atoms with Crippen LogP contribution in [0.1, 0.15) is 25.8 Å². The number of rotatable bonds is 3. The molecule has 1 aliphatic carbocycles. The highest BCUT2D eigenvalue weighted by Crippen LogP contribution is 2.39. The summed E-state index contributed by atoms with van der Waals surface area (Å²) in [7, 11) is 0. The summed E-state index contributed by atoms with van der Waals surface area (Å²) in [4.78, 5) is 27.8. The van der Waals surface area contributed by atoms with Crippen molar-refractivity contribution < 1.29 is 9.59 Å². The summed E-state index contributed by atoms with van der Waals surface area (Å²) in [5.41, 5.74) is 3.34. The van der Waals surface area contributed by atoms with Crippen LogP contribution in [-0.2, 0) is 15.0 Å². The monoisotopic (exact) mass is 266 g/mol. The topological polar surface area (TPSA) is 58.9 Å². The smallest absolute Gasteiger partial charge is 0.211 e. The van der Waals surface area contributed by atoms with Gasteiger partial charge in [-0.3, -0.25) is 0 Å². The van der Waals surface area contributed by atoms with Crippen LogP contribution in [0.15, 0.2) is 57.7 Å². The molecule has 0 radical (unpaired) electrons. The minimum Gasteiger partial charge on any atom is -0.211 e. The molecule has 1 atom stereocenters. The molecular formula is C16H14N2O2. The first kappa shape index (κ1) is 13.9. The Morgan fingerprint density at radius 1 is 1.10 bits per heavy atom. The molecule has 100 valence electrons. The largest absolute Gasteiger partial charge is 0.240 e. The first-order valence-corrected chi connectivity index (χ1v) is 6.25. The van der Waals surface area contributed by atoms with Gasteiger partial charge in [0.25, 0.3) is 0 Å². The lowest BCUT2D eigenvalue weighted by Crippen LogP contribution is -2.24. The lowest BCUT2D eigenvalue weighted by molar-refractivity contribution is 0.553. The average molecular weight is 266 g/mol. The summed E-state index contributed by atoms with van der Waals surface area (Å²) in [5, 5.41) is 0. The zero-order valence-electron chi connectivity index (χ0n) is 11.4. The molecule has 2 rings (SSSR count). The second-order valence-corrected chi connectivity index (χ2v) is 4.95. The molecule has 0 bridgehead atoms. The molecule has 0 aliphatic heterocycles. The Morgan fingerprint density at radius 3 is 2.30 bits per heavy atom. The van der Waals surface area contributed by atoms with Crippen LogP contribution in [0.25, 0.3) is 0 Å². The maximum Gasteiger partial charge on any atom is 0.240 e. The summed E-state index contributed by atoms with van der Waals surface area (Å²) in [5.74, 6) is 0. The van der Waals surface area contributed by atoms with E-state index < -0.39 is 0 Å². The molecule has 1 aromatic carbocycles. The molecule has 0 heterocycles. The Kier molecular flexibility index (Phi) is 3.90. The number of isocyanates is 2. The van der Waals surface area contributed by atoms with E-state index in [1.165, 1.54) is 6.08 Å². The second kappa shape index (κ2) is 5.62. The van der Waals surface area contributed by atoms with E-state index in [4.69, 9.17) is 0 Å². The number of nitrogens with zero attached hydrogens (tertiary/aromatic N) is 2. The van der Waals surface area contributed by atoms with Crippen molar-refractivity contribution in [2.45, 2.75) is 25.7 Å². The molecule has 1 unspecified atom stereocenters. The van der Waals surface area contributed by atoms with Gasteiger partial charge in [0.2, 0.25) is 12.2 Å². The van der Waals surface area contributed by atoms with Gasteiger partial charge in [-0.1, -0.05) is 30.7 Å². The molecule has 1 aromatic rings. The zero-order valence-corrected chi connectivity index (χ0v) is 11.4. The Morgan fingerprint density at radius 2 is 1.75 bits per heavy atom. The molecule has 1 aliphatic rings. The molecular weight excluding hydrogens is 252 g/mol. The number of aliphatic imine (C=N–C) groups is 2. The maximum atomic E-state index is 10.3. The van der Waals surface area contributed by atoms with Crippen LogP contribution in [0.2, 0.25) is 0 Å². The first-order chi connectivity index (χ1) is 9.60. The van der Waals surface area contributed by atoms with E-state index in [9.17, 15) is 9.59 Å². The summed E-state index contributed by atoms with van der Waals surface area (Å²) in [6.07, 6.45) is 7.66. The van der Waals surface area contributed by atoms with E-state index in [1.807, 2.05) is 31.2 Å². The van der Waals surface area contributed by atoms with E-state index in [1.54, 1.807) is 18.2 Å². The van der Waals surface area contributed by atoms with Gasteiger partial charge in [0.1, 0.15) is 0 Å². The van der Waals surface area contributed by atoms with Crippen molar-refractivity contribution in [1.82, 2.24) is 0 Å². The lowest BCUT2D eigenvalue weighted by Gasteiger charge is -2.33. The van der Waals surface area contributed by atoms with Gasteiger partial charge >= 0.3 is 0 Å². The fourth-order valence-corrected chi connectivity index (χ4v) is 2.34. The number of benzene rings is 1. The van der Waals surface area contributed by atoms with Crippen LogP contribution in [0.4, 0.5) is 5.69 Å². The second-order valence-electron chi connectivity index (χ2n) is 4.95. The van der Waals surface area contributed by atoms with Crippen molar-refractivity contribution in [2.24, 2.45) is 9.98 Å². The van der Waals surface area contributed by atoms with Crippen molar-refractivity contribution in [3.05, 3.63) is 53.3 Å². The van der Waals surface area contributed by atoms with Crippen LogP contribution >= 0.6 is 0 Å². The van der Waals surface area contributed by atoms with Gasteiger partial charge in [-0.05, 0) is 37.1 Å². The Bertz CT molecular complexity index is 673. The molecule has 0 aromatic heterocycles. The fourth-order valence-electron chi connectivity index (χ4n) is 2.34. The predicted molar refractivity (Wildman–Crippen MR) is 76.2 cm³/mol. The maximum absolute atomic E-state index is 10.3. The molecule has 0 amide bonds. The molecule has 0 saturated heterocycles.